The number of aliphatic imine (C=N–C) groups is 1. The maximum Gasteiger partial charge on any atom is 0.333 e. The molecule has 4 aliphatic heterocycles. The fraction of sp³-hybridized carbons (Fsp3) is 0.288. The molecule has 0 bridgehead atoms. The average molecular weight is 968 g/mol. The minimum atomic E-state index is -0.625. The molecule has 0 aromatic heterocycles. The smallest absolute Gasteiger partial charge is 0.333 e. The Balaban J connectivity index is 0.918. The fourth-order valence-electron chi connectivity index (χ4n) is 8.94. The second-order valence-corrected chi connectivity index (χ2v) is 19.3. The van der Waals surface area contributed by atoms with Crippen LogP contribution in [0, 0.1) is 0 Å². The summed E-state index contributed by atoms with van der Waals surface area (Å²) >= 11 is 0. The Labute approximate surface area is 407 Å². The Kier molecular flexibility index (Phi) is 14.3. The van der Waals surface area contributed by atoms with Crippen molar-refractivity contribution in [2.24, 2.45) is 4.99 Å². The number of para-hydroxylation sites is 2. The molecule has 0 aliphatic carbocycles. The zero-order chi connectivity index (χ0) is 48.0. The van der Waals surface area contributed by atoms with E-state index >= 15 is 0 Å². The molecule has 354 valence electrons. The number of fused-ring (bicyclic) bond motifs is 5. The van der Waals surface area contributed by atoms with Crippen LogP contribution in [-0.2, 0) is 51.0 Å². The molecule has 0 unspecified atom stereocenters. The summed E-state index contributed by atoms with van der Waals surface area (Å²) < 4.78 is 24.5. The lowest BCUT2D eigenvalue weighted by molar-refractivity contribution is -0.197. The van der Waals surface area contributed by atoms with Gasteiger partial charge in [0.2, 0.25) is 0 Å². The lowest BCUT2D eigenvalue weighted by Crippen LogP contribution is -2.39. The summed E-state index contributed by atoms with van der Waals surface area (Å²) in [7, 11) is 6.26. The van der Waals surface area contributed by atoms with Gasteiger partial charge < -0.3 is 38.9 Å². The minimum absolute atomic E-state index is 0.0259. The quantitative estimate of drug-likeness (QED) is 0.0384. The monoisotopic (exact) mass is 967 g/mol. The summed E-state index contributed by atoms with van der Waals surface area (Å²) in [4.78, 5) is 77.1. The number of ether oxygens (including phenoxy) is 4. The first-order valence-electron chi connectivity index (χ1n) is 22.5. The number of benzene rings is 5. The molecule has 1 saturated heterocycles. The van der Waals surface area contributed by atoms with Crippen LogP contribution >= 0.6 is 21.6 Å². The van der Waals surface area contributed by atoms with Crippen LogP contribution < -0.4 is 34.1 Å². The van der Waals surface area contributed by atoms with Crippen LogP contribution in [0.3, 0.4) is 0 Å². The van der Waals surface area contributed by atoms with Crippen molar-refractivity contribution in [1.82, 2.24) is 5.06 Å². The van der Waals surface area contributed by atoms with Gasteiger partial charge in [-0.2, -0.15) is 0 Å². The first-order valence-corrected chi connectivity index (χ1v) is 25.0. The normalized spacial score (nSPS) is 15.6. The van der Waals surface area contributed by atoms with E-state index in [1.165, 1.54) is 7.11 Å². The third-order valence-corrected chi connectivity index (χ3v) is 14.6. The molecule has 1 fully saturated rings. The van der Waals surface area contributed by atoms with Gasteiger partial charge in [0.15, 0.2) is 23.0 Å². The average Bonchev–Trinajstić information content (AvgIpc) is 4.04. The second-order valence-electron chi connectivity index (χ2n) is 16.7. The van der Waals surface area contributed by atoms with Crippen LogP contribution in [0.2, 0.25) is 0 Å². The van der Waals surface area contributed by atoms with E-state index in [9.17, 15) is 24.0 Å². The van der Waals surface area contributed by atoms with Gasteiger partial charge in [0.05, 0.1) is 42.8 Å². The number of anilines is 3. The molecule has 0 saturated carbocycles. The number of rotatable bonds is 18. The Bertz CT molecular complexity index is 2890. The van der Waals surface area contributed by atoms with Crippen LogP contribution in [0.15, 0.2) is 103 Å². The number of imide groups is 1. The Hall–Kier alpha value is -7.20. The minimum Gasteiger partial charge on any atom is -0.493 e. The highest BCUT2D eigenvalue weighted by Crippen LogP contribution is 2.42. The first-order chi connectivity index (χ1) is 33.6. The van der Waals surface area contributed by atoms with E-state index in [2.05, 4.69) is 34.9 Å². The van der Waals surface area contributed by atoms with Crippen molar-refractivity contribution in [1.29, 1.82) is 0 Å². The fourth-order valence-corrected chi connectivity index (χ4v) is 11.1. The number of hydroxylamine groups is 2. The molecule has 15 nitrogen and oxygen atoms in total. The predicted molar refractivity (Wildman–Crippen MR) is 265 cm³/mol. The molecule has 4 aliphatic rings. The summed E-state index contributed by atoms with van der Waals surface area (Å²) in [6, 6.07) is 28.8. The number of nitrogens with zero attached hydrogens (tertiary/aromatic N) is 4. The SMILES string of the molecule is C=C=Nc1cc(OCc2cc(COc3cc4c(cc3OC)C(=O)N3c5ccccc5C[C@H]3CN4)cc(CSSCCCC(=O)ON3C(=O)CCC3=O)c2)c(OC)cc1C(=O)N1CCc2ccccc21. The third kappa shape index (κ3) is 10.2. The molecule has 4 heterocycles. The lowest BCUT2D eigenvalue weighted by atomic mass is 10.1. The van der Waals surface area contributed by atoms with Crippen molar-refractivity contribution in [2.45, 2.75) is 63.5 Å². The van der Waals surface area contributed by atoms with Gasteiger partial charge in [-0.25, -0.2) is 9.79 Å². The van der Waals surface area contributed by atoms with E-state index in [1.807, 2.05) is 65.6 Å². The van der Waals surface area contributed by atoms with Crippen LogP contribution in [0.4, 0.5) is 22.7 Å². The molecule has 1 atom stereocenters. The van der Waals surface area contributed by atoms with E-state index in [-0.39, 0.29) is 50.3 Å². The van der Waals surface area contributed by atoms with Crippen LogP contribution in [0.5, 0.6) is 23.0 Å². The van der Waals surface area contributed by atoms with E-state index in [0.717, 1.165) is 52.0 Å². The molecule has 0 spiro atoms. The van der Waals surface area contributed by atoms with Gasteiger partial charge in [0.25, 0.3) is 23.6 Å². The number of amides is 4. The number of methoxy groups -OCH3 is 2. The second kappa shape index (κ2) is 21.0. The topological polar surface area (TPSA) is 166 Å². The highest BCUT2D eigenvalue weighted by atomic mass is 33.1. The largest absolute Gasteiger partial charge is 0.493 e. The standard InChI is InChI=1S/C52H49N5O10S2/c1-4-53-40-26-46(44(63-2)24-38(40)51(61)55-18-17-35-10-5-7-12-42(35)55)65-29-32-20-33(22-34(21-32)31-69-68-19-9-14-50(60)67-57-48(58)15-16-49(57)59)30-66-47-27-41-39(25-45(47)64-3)52(62)56-37(28-54-41)23-36-11-6-8-13-43(36)56/h5-8,10-13,20-22,24-27,37,54H,1,9,14-19,23,28-31H2,2-3H3/t37-/m0/s1. The van der Waals surface area contributed by atoms with E-state index < -0.39 is 17.8 Å². The number of carbonyl (C=O) groups is 5. The molecule has 69 heavy (non-hydrogen) atoms. The molecule has 0 radical (unpaired) electrons. The number of hydrogen-bond donors (Lipinski definition) is 1. The van der Waals surface area contributed by atoms with Gasteiger partial charge in [-0.1, -0.05) is 70.1 Å². The van der Waals surface area contributed by atoms with Crippen molar-refractivity contribution >= 4 is 79.8 Å². The summed E-state index contributed by atoms with van der Waals surface area (Å²) in [5, 5.41) is 4.06. The van der Waals surface area contributed by atoms with Crippen LogP contribution in [0.25, 0.3) is 0 Å². The maximum atomic E-state index is 14.1. The highest BCUT2D eigenvalue weighted by molar-refractivity contribution is 8.76. The maximum absolute atomic E-state index is 14.1. The van der Waals surface area contributed by atoms with E-state index in [4.69, 9.17) is 23.8 Å². The molecule has 17 heteroatoms. The van der Waals surface area contributed by atoms with Crippen molar-refractivity contribution in [2.75, 3.05) is 48.2 Å². The molecular formula is C52H49N5O10S2. The Morgan fingerprint density at radius 2 is 1.45 bits per heavy atom. The Morgan fingerprint density at radius 3 is 2.17 bits per heavy atom. The molecule has 4 amide bonds. The van der Waals surface area contributed by atoms with Gasteiger partial charge >= 0.3 is 5.97 Å². The summed E-state index contributed by atoms with van der Waals surface area (Å²) in [5.41, 5.74) is 8.52. The van der Waals surface area contributed by atoms with E-state index in [1.54, 1.807) is 51.8 Å². The van der Waals surface area contributed by atoms with Gasteiger partial charge in [-0.3, -0.25) is 19.2 Å². The zero-order valence-electron chi connectivity index (χ0n) is 38.1. The predicted octanol–water partition coefficient (Wildman–Crippen LogP) is 8.82. The molecule has 9 rings (SSSR count). The number of carbonyl (C=O) groups excluding carboxylic acids is 5. The zero-order valence-corrected chi connectivity index (χ0v) is 39.8. The summed E-state index contributed by atoms with van der Waals surface area (Å²) in [5.74, 6) is 3.46. The van der Waals surface area contributed by atoms with Crippen molar-refractivity contribution in [3.63, 3.8) is 0 Å². The first kappa shape index (κ1) is 46.9. The van der Waals surface area contributed by atoms with Crippen LogP contribution in [-0.4, -0.2) is 79.6 Å². The van der Waals surface area contributed by atoms with Gasteiger partial charge in [0.1, 0.15) is 13.2 Å². The van der Waals surface area contributed by atoms with Crippen molar-refractivity contribution < 1.29 is 47.8 Å². The van der Waals surface area contributed by atoms with Gasteiger partial charge in [-0.15, -0.1) is 5.06 Å². The molecular weight excluding hydrogens is 919 g/mol. The molecule has 5 aromatic rings. The Morgan fingerprint density at radius 1 is 0.783 bits per heavy atom. The van der Waals surface area contributed by atoms with Gasteiger partial charge in [-0.05, 0) is 89.9 Å². The van der Waals surface area contributed by atoms with Crippen LogP contribution in [0.1, 0.15) is 74.2 Å². The summed E-state index contributed by atoms with van der Waals surface area (Å²) in [6.45, 7) is 5.06. The molecule has 1 N–H and O–H groups in total. The summed E-state index contributed by atoms with van der Waals surface area (Å²) in [6.07, 6.45) is 2.15. The number of nitrogens with one attached hydrogen (secondary N) is 1. The lowest BCUT2D eigenvalue weighted by Gasteiger charge is -2.22. The van der Waals surface area contributed by atoms with Crippen molar-refractivity contribution in [3.05, 3.63) is 137 Å². The van der Waals surface area contributed by atoms with E-state index in [0.29, 0.717) is 81.6 Å². The number of hydrogen-bond acceptors (Lipinski definition) is 14. The third-order valence-electron chi connectivity index (χ3n) is 12.2. The highest BCUT2D eigenvalue weighted by Gasteiger charge is 2.38. The van der Waals surface area contributed by atoms with Crippen molar-refractivity contribution in [3.8, 4) is 23.0 Å². The molecule has 5 aromatic carbocycles. The van der Waals surface area contributed by atoms with Gasteiger partial charge in [0, 0.05) is 67.4 Å².